The molecule has 0 unspecified atom stereocenters. The molecule has 1 saturated heterocycles. The van der Waals surface area contributed by atoms with Crippen LogP contribution in [0.25, 0.3) is 0 Å². The van der Waals surface area contributed by atoms with Gasteiger partial charge in [0.15, 0.2) is 0 Å². The maximum atomic E-state index is 12.8. The molecule has 1 saturated carbocycles. The van der Waals surface area contributed by atoms with Gasteiger partial charge < -0.3 is 0 Å². The van der Waals surface area contributed by atoms with Gasteiger partial charge in [-0.15, -0.1) is 0 Å². The molecule has 92 valence electrons. The van der Waals surface area contributed by atoms with E-state index in [9.17, 15) is 18.8 Å². The van der Waals surface area contributed by atoms with Gasteiger partial charge in [-0.1, -0.05) is 0 Å². The summed E-state index contributed by atoms with van der Waals surface area (Å²) in [7, 11) is 0. The van der Waals surface area contributed by atoms with Crippen LogP contribution >= 0.6 is 0 Å². The minimum absolute atomic E-state index is 0.262. The third-order valence-corrected chi connectivity index (χ3v) is 3.31. The number of anilines is 1. The summed E-state index contributed by atoms with van der Waals surface area (Å²) in [6.45, 7) is 0. The minimum atomic E-state index is -1.08. The van der Waals surface area contributed by atoms with Crippen molar-refractivity contribution >= 4 is 23.5 Å². The van der Waals surface area contributed by atoms with E-state index in [0.29, 0.717) is 12.8 Å². The molecule has 18 heavy (non-hydrogen) atoms. The highest BCUT2D eigenvalue weighted by molar-refractivity contribution is 6.31. The van der Waals surface area contributed by atoms with Crippen LogP contribution in [0.4, 0.5) is 14.9 Å². The molecular formula is C12H9FN2O3. The van der Waals surface area contributed by atoms with Crippen LogP contribution in [0.5, 0.6) is 0 Å². The molecule has 1 aromatic rings. The average Bonchev–Trinajstić information content (AvgIpc) is 3.11. The first-order valence-corrected chi connectivity index (χ1v) is 5.50. The first-order valence-electron chi connectivity index (χ1n) is 5.50. The van der Waals surface area contributed by atoms with Crippen molar-refractivity contribution in [1.29, 1.82) is 0 Å². The summed E-state index contributed by atoms with van der Waals surface area (Å²) in [5.41, 5.74) is -0.819. The molecule has 1 heterocycles. The zero-order chi connectivity index (χ0) is 12.9. The molecule has 5 nitrogen and oxygen atoms in total. The molecule has 1 aliphatic carbocycles. The molecule has 0 bridgehead atoms. The quantitative estimate of drug-likeness (QED) is 0.759. The fourth-order valence-corrected chi connectivity index (χ4v) is 2.07. The molecule has 2 fully saturated rings. The van der Waals surface area contributed by atoms with E-state index < -0.39 is 29.1 Å². The van der Waals surface area contributed by atoms with Gasteiger partial charge >= 0.3 is 6.03 Å². The molecule has 0 aromatic heterocycles. The Morgan fingerprint density at radius 1 is 1.11 bits per heavy atom. The van der Waals surface area contributed by atoms with E-state index in [4.69, 9.17) is 0 Å². The first kappa shape index (κ1) is 10.9. The Morgan fingerprint density at radius 2 is 1.72 bits per heavy atom. The number of hydrogen-bond donors (Lipinski definition) is 1. The normalized spacial score (nSPS) is 21.2. The number of benzene rings is 1. The van der Waals surface area contributed by atoms with E-state index in [-0.39, 0.29) is 5.69 Å². The van der Waals surface area contributed by atoms with Gasteiger partial charge in [-0.25, -0.2) is 14.1 Å². The lowest BCUT2D eigenvalue weighted by Crippen LogP contribution is -2.59. The number of urea groups is 1. The number of rotatable bonds is 1. The molecule has 1 aromatic carbocycles. The summed E-state index contributed by atoms with van der Waals surface area (Å²) in [6, 6.07) is 4.20. The van der Waals surface area contributed by atoms with Crippen molar-refractivity contribution < 1.29 is 18.8 Å². The zero-order valence-corrected chi connectivity index (χ0v) is 9.27. The van der Waals surface area contributed by atoms with Crippen molar-refractivity contribution in [2.75, 3.05) is 4.90 Å². The highest BCUT2D eigenvalue weighted by Gasteiger charge is 2.62. The van der Waals surface area contributed by atoms with Crippen molar-refractivity contribution in [3.63, 3.8) is 0 Å². The third-order valence-electron chi connectivity index (χ3n) is 3.31. The van der Waals surface area contributed by atoms with E-state index in [1.54, 1.807) is 0 Å². The Bertz CT molecular complexity index is 563. The van der Waals surface area contributed by atoms with E-state index in [1.165, 1.54) is 12.1 Å². The Balaban J connectivity index is 2.00. The average molecular weight is 248 g/mol. The van der Waals surface area contributed by atoms with Crippen LogP contribution in [0.2, 0.25) is 0 Å². The summed E-state index contributed by atoms with van der Waals surface area (Å²) in [5.74, 6) is -1.51. The summed E-state index contributed by atoms with van der Waals surface area (Å²) >= 11 is 0. The summed E-state index contributed by atoms with van der Waals surface area (Å²) < 4.78 is 12.8. The van der Waals surface area contributed by atoms with Crippen LogP contribution in [-0.4, -0.2) is 17.8 Å². The van der Waals surface area contributed by atoms with Crippen LogP contribution in [-0.2, 0) is 9.59 Å². The van der Waals surface area contributed by atoms with Crippen LogP contribution in [0.1, 0.15) is 12.8 Å². The number of barbiturate groups is 1. The van der Waals surface area contributed by atoms with Gasteiger partial charge in [0, 0.05) is 0 Å². The second-order valence-corrected chi connectivity index (χ2v) is 4.46. The van der Waals surface area contributed by atoms with Crippen LogP contribution in [0.3, 0.4) is 0 Å². The Morgan fingerprint density at radius 3 is 2.28 bits per heavy atom. The molecule has 1 N–H and O–H groups in total. The number of halogens is 1. The lowest BCUT2D eigenvalue weighted by atomic mass is 10.0. The predicted molar refractivity (Wildman–Crippen MR) is 59.1 cm³/mol. The molecule has 0 radical (unpaired) electrons. The van der Waals surface area contributed by atoms with Gasteiger partial charge in [-0.3, -0.25) is 14.9 Å². The molecule has 2 aliphatic rings. The highest BCUT2D eigenvalue weighted by Crippen LogP contribution is 2.49. The van der Waals surface area contributed by atoms with Crippen LogP contribution in [0, 0.1) is 11.2 Å². The lowest BCUT2D eigenvalue weighted by molar-refractivity contribution is -0.136. The largest absolute Gasteiger partial charge is 0.335 e. The zero-order valence-electron chi connectivity index (χ0n) is 9.27. The summed E-state index contributed by atoms with van der Waals surface area (Å²) in [6.07, 6.45) is 0.894. The fourth-order valence-electron chi connectivity index (χ4n) is 2.07. The number of carbonyl (C=O) groups excluding carboxylic acids is 3. The number of nitrogens with one attached hydrogen (secondary N) is 1. The molecule has 6 heteroatoms. The SMILES string of the molecule is O=C1NC(=O)C2(CC2)C(=O)N1c1ccc(F)cc1. The van der Waals surface area contributed by atoms with Gasteiger partial charge in [-0.2, -0.15) is 0 Å². The minimum Gasteiger partial charge on any atom is -0.276 e. The lowest BCUT2D eigenvalue weighted by Gasteiger charge is -2.30. The van der Waals surface area contributed by atoms with Crippen molar-refractivity contribution in [1.82, 2.24) is 5.32 Å². The third kappa shape index (κ3) is 1.35. The number of hydrogen-bond acceptors (Lipinski definition) is 3. The van der Waals surface area contributed by atoms with Crippen LogP contribution < -0.4 is 10.2 Å². The number of amides is 4. The van der Waals surface area contributed by atoms with Crippen molar-refractivity contribution in [3.05, 3.63) is 30.1 Å². The summed E-state index contributed by atoms with van der Waals surface area (Å²) in [5, 5.41) is 2.16. The van der Waals surface area contributed by atoms with E-state index in [1.807, 2.05) is 0 Å². The van der Waals surface area contributed by atoms with Gasteiger partial charge in [-0.05, 0) is 37.1 Å². The van der Waals surface area contributed by atoms with E-state index in [2.05, 4.69) is 5.32 Å². The Kier molecular flexibility index (Phi) is 2.04. The second kappa shape index (κ2) is 3.38. The van der Waals surface area contributed by atoms with E-state index in [0.717, 1.165) is 17.0 Å². The van der Waals surface area contributed by atoms with Crippen molar-refractivity contribution in [3.8, 4) is 0 Å². The number of imide groups is 2. The second-order valence-electron chi connectivity index (χ2n) is 4.46. The van der Waals surface area contributed by atoms with Crippen LogP contribution in [0.15, 0.2) is 24.3 Å². The molecule has 1 aliphatic heterocycles. The topological polar surface area (TPSA) is 66.5 Å². The Labute approximate surface area is 102 Å². The molecule has 3 rings (SSSR count). The Hall–Kier alpha value is -2.24. The maximum Gasteiger partial charge on any atom is 0.335 e. The molecule has 0 atom stereocenters. The van der Waals surface area contributed by atoms with Crippen molar-refractivity contribution in [2.24, 2.45) is 5.41 Å². The molecular weight excluding hydrogens is 239 g/mol. The van der Waals surface area contributed by atoms with Gasteiger partial charge in [0.1, 0.15) is 11.2 Å². The standard InChI is InChI=1S/C12H9FN2O3/c13-7-1-3-8(4-2-7)15-10(17)12(5-6-12)9(16)14-11(15)18/h1-4H,5-6H2,(H,14,16,18). The summed E-state index contributed by atoms with van der Waals surface area (Å²) in [4.78, 5) is 36.3. The predicted octanol–water partition coefficient (Wildman–Crippen LogP) is 1.19. The maximum absolute atomic E-state index is 12.8. The van der Waals surface area contributed by atoms with Gasteiger partial charge in [0.25, 0.3) is 5.91 Å². The van der Waals surface area contributed by atoms with Gasteiger partial charge in [0.2, 0.25) is 5.91 Å². The van der Waals surface area contributed by atoms with Gasteiger partial charge in [0.05, 0.1) is 5.69 Å². The smallest absolute Gasteiger partial charge is 0.276 e. The fraction of sp³-hybridized carbons (Fsp3) is 0.250. The highest BCUT2D eigenvalue weighted by atomic mass is 19.1. The molecule has 1 spiro atoms. The van der Waals surface area contributed by atoms with E-state index >= 15 is 0 Å². The number of carbonyl (C=O) groups is 3. The monoisotopic (exact) mass is 248 g/mol. The first-order chi connectivity index (χ1) is 8.54. The molecule has 4 amide bonds. The van der Waals surface area contributed by atoms with Crippen molar-refractivity contribution in [2.45, 2.75) is 12.8 Å². The number of nitrogens with zero attached hydrogens (tertiary/aromatic N) is 1.